The van der Waals surface area contributed by atoms with E-state index in [-0.39, 0.29) is 0 Å². The number of benzene rings is 3. The first-order valence-electron chi connectivity index (χ1n) is 8.03. The lowest BCUT2D eigenvalue weighted by Crippen LogP contribution is -2.30. The molecular weight excluding hydrogens is 278 g/mol. The molecule has 0 bridgehead atoms. The van der Waals surface area contributed by atoms with Crippen LogP contribution in [-0.4, -0.2) is 0 Å². The first kappa shape index (κ1) is 14.0. The third kappa shape index (κ3) is 2.20. The van der Waals surface area contributed by atoms with Gasteiger partial charge in [-0.1, -0.05) is 48.0 Å². The van der Waals surface area contributed by atoms with E-state index >= 15 is 0 Å². The SMILES string of the molecule is Cc1ccc(C)c(-c2c3ccc4ccccc4c3cc[n+]2C)c1. The van der Waals surface area contributed by atoms with Crippen LogP contribution in [0.5, 0.6) is 0 Å². The normalized spacial score (nSPS) is 11.3. The second-order valence-corrected chi connectivity index (χ2v) is 6.34. The number of nitrogens with zero attached hydrogens (tertiary/aromatic N) is 1. The van der Waals surface area contributed by atoms with Crippen LogP contribution in [0.15, 0.2) is 66.9 Å². The summed E-state index contributed by atoms with van der Waals surface area (Å²) in [5.74, 6) is 0. The van der Waals surface area contributed by atoms with Crippen LogP contribution in [0.2, 0.25) is 0 Å². The van der Waals surface area contributed by atoms with E-state index in [0.29, 0.717) is 0 Å². The van der Waals surface area contributed by atoms with E-state index in [2.05, 4.69) is 92.3 Å². The van der Waals surface area contributed by atoms with Crippen LogP contribution in [0, 0.1) is 13.8 Å². The quantitative estimate of drug-likeness (QED) is 0.340. The average molecular weight is 298 g/mol. The highest BCUT2D eigenvalue weighted by molar-refractivity contribution is 6.10. The molecule has 3 aromatic carbocycles. The van der Waals surface area contributed by atoms with E-state index < -0.39 is 0 Å². The Hall–Kier alpha value is -2.67. The molecule has 0 saturated carbocycles. The van der Waals surface area contributed by atoms with Crippen molar-refractivity contribution in [3.63, 3.8) is 0 Å². The van der Waals surface area contributed by atoms with Crippen molar-refractivity contribution in [2.24, 2.45) is 7.05 Å². The van der Waals surface area contributed by atoms with Gasteiger partial charge in [0.1, 0.15) is 7.05 Å². The molecule has 1 heterocycles. The van der Waals surface area contributed by atoms with Gasteiger partial charge in [0.25, 0.3) is 0 Å². The Morgan fingerprint density at radius 2 is 1.57 bits per heavy atom. The van der Waals surface area contributed by atoms with E-state index in [9.17, 15) is 0 Å². The van der Waals surface area contributed by atoms with Gasteiger partial charge in [0.15, 0.2) is 6.20 Å². The summed E-state index contributed by atoms with van der Waals surface area (Å²) in [6, 6.07) is 22.0. The van der Waals surface area contributed by atoms with Gasteiger partial charge in [-0.05, 0) is 42.3 Å². The van der Waals surface area contributed by atoms with Gasteiger partial charge < -0.3 is 0 Å². The van der Waals surface area contributed by atoms with E-state index in [1.165, 1.54) is 43.9 Å². The van der Waals surface area contributed by atoms with Gasteiger partial charge in [-0.25, -0.2) is 4.57 Å². The Morgan fingerprint density at radius 3 is 2.43 bits per heavy atom. The van der Waals surface area contributed by atoms with Gasteiger partial charge in [0.2, 0.25) is 5.69 Å². The van der Waals surface area contributed by atoms with Crippen molar-refractivity contribution < 1.29 is 4.57 Å². The molecule has 0 aliphatic carbocycles. The molecule has 1 nitrogen and oxygen atoms in total. The molecule has 1 heteroatoms. The van der Waals surface area contributed by atoms with Crippen LogP contribution in [0.25, 0.3) is 32.8 Å². The number of rotatable bonds is 1. The summed E-state index contributed by atoms with van der Waals surface area (Å²) in [4.78, 5) is 0. The van der Waals surface area contributed by atoms with Gasteiger partial charge in [-0.3, -0.25) is 0 Å². The predicted octanol–water partition coefficient (Wildman–Crippen LogP) is 5.10. The van der Waals surface area contributed by atoms with Crippen molar-refractivity contribution in [3.05, 3.63) is 78.0 Å². The molecule has 0 aliphatic rings. The van der Waals surface area contributed by atoms with E-state index in [4.69, 9.17) is 0 Å². The molecule has 0 aliphatic heterocycles. The first-order chi connectivity index (χ1) is 11.1. The molecule has 23 heavy (non-hydrogen) atoms. The van der Waals surface area contributed by atoms with Crippen LogP contribution in [0.3, 0.4) is 0 Å². The maximum atomic E-state index is 2.29. The predicted molar refractivity (Wildman–Crippen MR) is 97.5 cm³/mol. The highest BCUT2D eigenvalue weighted by atomic mass is 14.9. The first-order valence-corrected chi connectivity index (χ1v) is 8.03. The molecule has 4 aromatic rings. The van der Waals surface area contributed by atoms with Gasteiger partial charge >= 0.3 is 0 Å². The Kier molecular flexibility index (Phi) is 3.16. The summed E-state index contributed by atoms with van der Waals surface area (Å²) < 4.78 is 2.24. The molecule has 1 aromatic heterocycles. The van der Waals surface area contributed by atoms with Crippen LogP contribution < -0.4 is 4.57 Å². The minimum Gasteiger partial charge on any atom is -0.200 e. The molecule has 4 rings (SSSR count). The van der Waals surface area contributed by atoms with Crippen LogP contribution in [-0.2, 0) is 7.05 Å². The standard InChI is InChI=1S/C22H20N/c1-15-8-9-16(2)21(14-15)22-20-11-10-17-6-4-5-7-18(17)19(20)12-13-23(22)3/h4-14H,1-3H3/q+1. The van der Waals surface area contributed by atoms with Crippen molar-refractivity contribution in [2.75, 3.05) is 0 Å². The molecule has 112 valence electrons. The molecular formula is C22H20N+. The van der Waals surface area contributed by atoms with E-state index in [1.54, 1.807) is 0 Å². The second-order valence-electron chi connectivity index (χ2n) is 6.34. The summed E-state index contributed by atoms with van der Waals surface area (Å²) in [6.07, 6.45) is 2.17. The molecule has 0 spiro atoms. The van der Waals surface area contributed by atoms with Crippen molar-refractivity contribution in [2.45, 2.75) is 13.8 Å². The highest BCUT2D eigenvalue weighted by Gasteiger charge is 2.18. The van der Waals surface area contributed by atoms with Crippen molar-refractivity contribution in [1.82, 2.24) is 0 Å². The zero-order valence-electron chi connectivity index (χ0n) is 13.8. The zero-order chi connectivity index (χ0) is 16.0. The fraction of sp³-hybridized carbons (Fsp3) is 0.136. The summed E-state index contributed by atoms with van der Waals surface area (Å²) in [7, 11) is 2.13. The van der Waals surface area contributed by atoms with Crippen molar-refractivity contribution >= 4 is 21.5 Å². The number of aromatic nitrogens is 1. The van der Waals surface area contributed by atoms with Gasteiger partial charge in [0.05, 0.1) is 5.39 Å². The lowest BCUT2D eigenvalue weighted by atomic mass is 9.95. The summed E-state index contributed by atoms with van der Waals surface area (Å²) >= 11 is 0. The van der Waals surface area contributed by atoms with Crippen molar-refractivity contribution in [3.8, 4) is 11.3 Å². The minimum absolute atomic E-state index is 1.29. The summed E-state index contributed by atoms with van der Waals surface area (Å²) in [5, 5.41) is 5.23. The Morgan fingerprint density at radius 1 is 0.739 bits per heavy atom. The van der Waals surface area contributed by atoms with Gasteiger partial charge in [-0.15, -0.1) is 0 Å². The third-order valence-corrected chi connectivity index (χ3v) is 4.69. The molecule has 0 radical (unpaired) electrons. The minimum atomic E-state index is 1.29. The zero-order valence-corrected chi connectivity index (χ0v) is 13.8. The molecule has 0 amide bonds. The number of fused-ring (bicyclic) bond motifs is 3. The smallest absolute Gasteiger partial charge is 0.200 e. The van der Waals surface area contributed by atoms with E-state index in [1.807, 2.05) is 0 Å². The molecule has 0 atom stereocenters. The Balaban J connectivity index is 2.16. The van der Waals surface area contributed by atoms with Crippen LogP contribution in [0.4, 0.5) is 0 Å². The Bertz CT molecular complexity index is 1040. The molecule has 0 unspecified atom stereocenters. The third-order valence-electron chi connectivity index (χ3n) is 4.69. The van der Waals surface area contributed by atoms with Crippen LogP contribution in [0.1, 0.15) is 11.1 Å². The van der Waals surface area contributed by atoms with Gasteiger partial charge in [-0.2, -0.15) is 0 Å². The molecule has 0 N–H and O–H groups in total. The highest BCUT2D eigenvalue weighted by Crippen LogP contribution is 2.32. The number of aryl methyl sites for hydroxylation is 3. The number of pyridine rings is 1. The summed E-state index contributed by atoms with van der Waals surface area (Å²) in [6.45, 7) is 4.35. The van der Waals surface area contributed by atoms with Crippen LogP contribution >= 0.6 is 0 Å². The van der Waals surface area contributed by atoms with Gasteiger partial charge in [0, 0.05) is 17.0 Å². The number of hydrogen-bond donors (Lipinski definition) is 0. The Labute approximate surface area is 136 Å². The number of hydrogen-bond acceptors (Lipinski definition) is 0. The topological polar surface area (TPSA) is 3.88 Å². The molecule has 0 saturated heterocycles. The fourth-order valence-corrected chi connectivity index (χ4v) is 3.46. The molecule has 0 fully saturated rings. The average Bonchev–Trinajstić information content (AvgIpc) is 2.57. The second kappa shape index (κ2) is 5.20. The lowest BCUT2D eigenvalue weighted by Gasteiger charge is -2.10. The largest absolute Gasteiger partial charge is 0.220 e. The fourth-order valence-electron chi connectivity index (χ4n) is 3.46. The monoisotopic (exact) mass is 298 g/mol. The maximum absolute atomic E-state index is 2.29. The summed E-state index contributed by atoms with van der Waals surface area (Å²) in [5.41, 5.74) is 5.21. The maximum Gasteiger partial charge on any atom is 0.220 e. The lowest BCUT2D eigenvalue weighted by molar-refractivity contribution is -0.659. The van der Waals surface area contributed by atoms with E-state index in [0.717, 1.165) is 0 Å². The van der Waals surface area contributed by atoms with Crippen molar-refractivity contribution in [1.29, 1.82) is 0 Å².